The predicted octanol–water partition coefficient (Wildman–Crippen LogP) is -0.0515. The van der Waals surface area contributed by atoms with Gasteiger partial charge in [-0.05, 0) is 19.1 Å². The molecule has 1 saturated heterocycles. The standard InChI is InChI=1S/C18H28N8O/c1-3-19-18(20-7-9-24-10-12-25(13-11-24)15(2)27)21-14-17-23-22-16-6-4-5-8-26(16)17/h4-6,8H,3,7,9-14H2,1-2H3,(H2,19,20,21). The highest BCUT2D eigenvalue weighted by Gasteiger charge is 2.17. The van der Waals surface area contributed by atoms with E-state index in [-0.39, 0.29) is 5.91 Å². The van der Waals surface area contributed by atoms with Crippen molar-refractivity contribution < 1.29 is 4.79 Å². The lowest BCUT2D eigenvalue weighted by Crippen LogP contribution is -2.50. The number of nitrogens with one attached hydrogen (secondary N) is 2. The molecule has 0 saturated carbocycles. The minimum atomic E-state index is 0.162. The number of fused-ring (bicyclic) bond motifs is 1. The van der Waals surface area contributed by atoms with E-state index < -0.39 is 0 Å². The molecule has 2 aromatic heterocycles. The molecule has 27 heavy (non-hydrogen) atoms. The van der Waals surface area contributed by atoms with Gasteiger partial charge in [0.2, 0.25) is 5.91 Å². The van der Waals surface area contributed by atoms with E-state index in [1.54, 1.807) is 6.92 Å². The number of guanidine groups is 1. The van der Waals surface area contributed by atoms with Crippen molar-refractivity contribution in [3.05, 3.63) is 30.2 Å². The molecule has 9 nitrogen and oxygen atoms in total. The van der Waals surface area contributed by atoms with Crippen LogP contribution >= 0.6 is 0 Å². The molecule has 1 fully saturated rings. The quantitative estimate of drug-likeness (QED) is 0.546. The number of nitrogens with zero attached hydrogens (tertiary/aromatic N) is 6. The van der Waals surface area contributed by atoms with Crippen LogP contribution in [0.3, 0.4) is 0 Å². The van der Waals surface area contributed by atoms with Gasteiger partial charge in [-0.1, -0.05) is 6.07 Å². The minimum Gasteiger partial charge on any atom is -0.357 e. The van der Waals surface area contributed by atoms with E-state index in [0.29, 0.717) is 6.54 Å². The molecule has 2 aromatic rings. The van der Waals surface area contributed by atoms with Gasteiger partial charge in [0, 0.05) is 58.9 Å². The number of aliphatic imine (C=N–C) groups is 1. The van der Waals surface area contributed by atoms with Gasteiger partial charge >= 0.3 is 0 Å². The van der Waals surface area contributed by atoms with Crippen molar-refractivity contribution in [1.29, 1.82) is 0 Å². The maximum Gasteiger partial charge on any atom is 0.219 e. The first-order valence-electron chi connectivity index (χ1n) is 9.46. The smallest absolute Gasteiger partial charge is 0.219 e. The van der Waals surface area contributed by atoms with Gasteiger partial charge in [-0.3, -0.25) is 14.1 Å². The van der Waals surface area contributed by atoms with Crippen molar-refractivity contribution in [2.24, 2.45) is 4.99 Å². The number of piperazine rings is 1. The summed E-state index contributed by atoms with van der Waals surface area (Å²) in [5.41, 5.74) is 0.824. The lowest BCUT2D eigenvalue weighted by molar-refractivity contribution is -0.130. The number of hydrogen-bond acceptors (Lipinski definition) is 5. The van der Waals surface area contributed by atoms with Gasteiger partial charge in [0.05, 0.1) is 0 Å². The molecule has 1 amide bonds. The average Bonchev–Trinajstić information content (AvgIpc) is 3.10. The Bertz CT molecular complexity index is 779. The van der Waals surface area contributed by atoms with Crippen molar-refractivity contribution in [2.45, 2.75) is 20.4 Å². The van der Waals surface area contributed by atoms with E-state index in [1.807, 2.05) is 40.6 Å². The SMILES string of the molecule is CCNC(=NCc1nnc2ccccn12)NCCN1CCN(C(C)=O)CC1. The minimum absolute atomic E-state index is 0.162. The van der Waals surface area contributed by atoms with Crippen molar-refractivity contribution in [3.63, 3.8) is 0 Å². The molecule has 0 unspecified atom stereocenters. The summed E-state index contributed by atoms with van der Waals surface area (Å²) in [6.45, 7) is 10.1. The summed E-state index contributed by atoms with van der Waals surface area (Å²) in [7, 11) is 0. The van der Waals surface area contributed by atoms with E-state index in [4.69, 9.17) is 0 Å². The molecular formula is C18H28N8O. The maximum absolute atomic E-state index is 11.4. The van der Waals surface area contributed by atoms with E-state index >= 15 is 0 Å². The number of rotatable bonds is 6. The van der Waals surface area contributed by atoms with Crippen LogP contribution in [0, 0.1) is 0 Å². The van der Waals surface area contributed by atoms with Crippen LogP contribution in [0.5, 0.6) is 0 Å². The highest BCUT2D eigenvalue weighted by molar-refractivity contribution is 5.79. The second-order valence-corrected chi connectivity index (χ2v) is 6.51. The molecule has 0 radical (unpaired) electrons. The monoisotopic (exact) mass is 372 g/mol. The van der Waals surface area contributed by atoms with Crippen LogP contribution in [-0.2, 0) is 11.3 Å². The Morgan fingerprint density at radius 1 is 1.19 bits per heavy atom. The summed E-state index contributed by atoms with van der Waals surface area (Å²) >= 11 is 0. The maximum atomic E-state index is 11.4. The fourth-order valence-electron chi connectivity index (χ4n) is 3.11. The second-order valence-electron chi connectivity index (χ2n) is 6.51. The molecule has 0 bridgehead atoms. The van der Waals surface area contributed by atoms with Gasteiger partial charge in [0.25, 0.3) is 0 Å². The zero-order valence-corrected chi connectivity index (χ0v) is 16.1. The van der Waals surface area contributed by atoms with Gasteiger partial charge in [0.15, 0.2) is 17.4 Å². The molecule has 0 aromatic carbocycles. The van der Waals surface area contributed by atoms with Crippen molar-refractivity contribution in [3.8, 4) is 0 Å². The summed E-state index contributed by atoms with van der Waals surface area (Å²) in [5, 5.41) is 15.0. The summed E-state index contributed by atoms with van der Waals surface area (Å²) < 4.78 is 1.95. The topological polar surface area (TPSA) is 90.2 Å². The third-order valence-electron chi connectivity index (χ3n) is 4.65. The average molecular weight is 372 g/mol. The van der Waals surface area contributed by atoms with Crippen LogP contribution in [0.15, 0.2) is 29.4 Å². The largest absolute Gasteiger partial charge is 0.357 e. The number of amides is 1. The van der Waals surface area contributed by atoms with Crippen LogP contribution in [0.1, 0.15) is 19.7 Å². The fourth-order valence-corrected chi connectivity index (χ4v) is 3.11. The molecule has 3 rings (SSSR count). The van der Waals surface area contributed by atoms with E-state index in [0.717, 1.165) is 63.2 Å². The normalized spacial score (nSPS) is 15.9. The predicted molar refractivity (Wildman–Crippen MR) is 104 cm³/mol. The Labute approximate surface area is 159 Å². The highest BCUT2D eigenvalue weighted by atomic mass is 16.2. The van der Waals surface area contributed by atoms with Crippen LogP contribution < -0.4 is 10.6 Å². The van der Waals surface area contributed by atoms with Crippen molar-refractivity contribution in [1.82, 2.24) is 35.0 Å². The lowest BCUT2D eigenvalue weighted by Gasteiger charge is -2.34. The van der Waals surface area contributed by atoms with Crippen LogP contribution in [-0.4, -0.2) is 82.1 Å². The number of carbonyl (C=O) groups excluding carboxylic acids is 1. The van der Waals surface area contributed by atoms with E-state index in [2.05, 4.69) is 30.7 Å². The molecule has 1 aliphatic heterocycles. The molecule has 0 atom stereocenters. The third-order valence-corrected chi connectivity index (χ3v) is 4.65. The summed E-state index contributed by atoms with van der Waals surface area (Å²) in [6, 6.07) is 5.83. The highest BCUT2D eigenvalue weighted by Crippen LogP contribution is 2.04. The third kappa shape index (κ3) is 5.16. The molecule has 3 heterocycles. The number of carbonyl (C=O) groups is 1. The zero-order chi connectivity index (χ0) is 19.1. The molecule has 146 valence electrons. The summed E-state index contributed by atoms with van der Waals surface area (Å²) in [4.78, 5) is 20.3. The van der Waals surface area contributed by atoms with E-state index in [9.17, 15) is 4.79 Å². The number of pyridine rings is 1. The molecule has 0 spiro atoms. The summed E-state index contributed by atoms with van der Waals surface area (Å²) in [6.07, 6.45) is 1.95. The number of aromatic nitrogens is 3. The Morgan fingerprint density at radius 3 is 2.74 bits per heavy atom. The van der Waals surface area contributed by atoms with Gasteiger partial charge < -0.3 is 15.5 Å². The molecule has 0 aliphatic carbocycles. The molecule has 9 heteroatoms. The van der Waals surface area contributed by atoms with Gasteiger partial charge in [0.1, 0.15) is 6.54 Å². The first-order chi connectivity index (χ1) is 13.2. The Hall–Kier alpha value is -2.68. The first-order valence-corrected chi connectivity index (χ1v) is 9.46. The molecular weight excluding hydrogens is 344 g/mol. The Morgan fingerprint density at radius 2 is 2.00 bits per heavy atom. The van der Waals surface area contributed by atoms with Crippen LogP contribution in [0.4, 0.5) is 0 Å². The van der Waals surface area contributed by atoms with Gasteiger partial charge in [-0.25, -0.2) is 4.99 Å². The van der Waals surface area contributed by atoms with E-state index in [1.165, 1.54) is 0 Å². The zero-order valence-electron chi connectivity index (χ0n) is 16.1. The summed E-state index contributed by atoms with van der Waals surface area (Å²) in [5.74, 6) is 1.74. The van der Waals surface area contributed by atoms with Crippen molar-refractivity contribution in [2.75, 3.05) is 45.8 Å². The molecule has 1 aliphatic rings. The Balaban J connectivity index is 1.49. The second kappa shape index (κ2) is 9.31. The van der Waals surface area contributed by atoms with Gasteiger partial charge in [-0.15, -0.1) is 10.2 Å². The van der Waals surface area contributed by atoms with Crippen LogP contribution in [0.25, 0.3) is 5.65 Å². The van der Waals surface area contributed by atoms with Crippen LogP contribution in [0.2, 0.25) is 0 Å². The lowest BCUT2D eigenvalue weighted by atomic mass is 10.3. The Kier molecular flexibility index (Phi) is 6.59. The first kappa shape index (κ1) is 19.1. The number of hydrogen-bond donors (Lipinski definition) is 2. The molecule has 2 N–H and O–H groups in total. The fraction of sp³-hybridized carbons (Fsp3) is 0.556. The van der Waals surface area contributed by atoms with Gasteiger partial charge in [-0.2, -0.15) is 0 Å². The van der Waals surface area contributed by atoms with Crippen molar-refractivity contribution >= 4 is 17.5 Å².